The van der Waals surface area contributed by atoms with Crippen LogP contribution in [0.5, 0.6) is 5.75 Å². The fourth-order valence-electron chi connectivity index (χ4n) is 3.97. The monoisotopic (exact) mass is 482 g/mol. The minimum atomic E-state index is -0.247. The van der Waals surface area contributed by atoms with Crippen LogP contribution in [0, 0.1) is 0 Å². The summed E-state index contributed by atoms with van der Waals surface area (Å²) in [6.07, 6.45) is 3.33. The number of halogens is 1. The Kier molecular flexibility index (Phi) is 7.30. The molecule has 172 valence electrons. The third kappa shape index (κ3) is 5.04. The van der Waals surface area contributed by atoms with E-state index in [2.05, 4.69) is 29.2 Å². The summed E-state index contributed by atoms with van der Waals surface area (Å²) in [6.45, 7) is 5.08. The highest BCUT2D eigenvalue weighted by atomic mass is 35.5. The largest absolute Gasteiger partial charge is 0.497 e. The van der Waals surface area contributed by atoms with Crippen molar-refractivity contribution in [3.05, 3.63) is 70.7 Å². The number of nitrogens with zero attached hydrogens (tertiary/aromatic N) is 3. The van der Waals surface area contributed by atoms with Crippen molar-refractivity contribution in [2.24, 2.45) is 0 Å². The molecule has 33 heavy (non-hydrogen) atoms. The third-order valence-electron chi connectivity index (χ3n) is 5.77. The highest BCUT2D eigenvalue weighted by molar-refractivity contribution is 7.80. The van der Waals surface area contributed by atoms with E-state index < -0.39 is 0 Å². The molecule has 0 bridgehead atoms. The van der Waals surface area contributed by atoms with Crippen molar-refractivity contribution in [3.63, 3.8) is 0 Å². The molecular formula is C25H27ClN4O2S. The topological polar surface area (TPSA) is 63.4 Å². The zero-order chi connectivity index (χ0) is 23.4. The number of methoxy groups -OCH3 is 1. The van der Waals surface area contributed by atoms with Gasteiger partial charge in [0.1, 0.15) is 5.75 Å². The number of benzene rings is 2. The predicted molar refractivity (Wildman–Crippen MR) is 135 cm³/mol. The molecule has 0 amide bonds. The molecule has 0 fully saturated rings. The Labute approximate surface area is 204 Å². The Bertz CT molecular complexity index is 1160. The molecule has 2 heterocycles. The van der Waals surface area contributed by atoms with Gasteiger partial charge in [0.05, 0.1) is 18.7 Å². The van der Waals surface area contributed by atoms with E-state index in [-0.39, 0.29) is 6.04 Å². The van der Waals surface area contributed by atoms with Gasteiger partial charge in [-0.25, -0.2) is 0 Å². The van der Waals surface area contributed by atoms with Gasteiger partial charge >= 0.3 is 0 Å². The van der Waals surface area contributed by atoms with Crippen LogP contribution < -0.4 is 10.1 Å². The third-order valence-corrected chi connectivity index (χ3v) is 6.34. The van der Waals surface area contributed by atoms with Gasteiger partial charge in [-0.1, -0.05) is 48.7 Å². The van der Waals surface area contributed by atoms with Crippen LogP contribution in [-0.4, -0.2) is 33.8 Å². The van der Waals surface area contributed by atoms with E-state index in [9.17, 15) is 0 Å². The van der Waals surface area contributed by atoms with Crippen molar-refractivity contribution >= 4 is 34.5 Å². The Morgan fingerprint density at radius 1 is 1.18 bits per heavy atom. The number of allylic oxidation sites excluding steroid dienone is 1. The van der Waals surface area contributed by atoms with Crippen LogP contribution in [0.1, 0.15) is 50.6 Å². The van der Waals surface area contributed by atoms with Crippen LogP contribution in [-0.2, 0) is 0 Å². The predicted octanol–water partition coefficient (Wildman–Crippen LogP) is 6.25. The quantitative estimate of drug-likeness (QED) is 0.300. The van der Waals surface area contributed by atoms with Crippen molar-refractivity contribution in [1.29, 1.82) is 0 Å². The normalized spacial score (nSPS) is 16.2. The molecule has 1 aliphatic rings. The van der Waals surface area contributed by atoms with Crippen LogP contribution >= 0.6 is 23.8 Å². The minimum Gasteiger partial charge on any atom is -0.497 e. The molecule has 1 atom stereocenters. The Hall–Kier alpha value is -2.90. The summed E-state index contributed by atoms with van der Waals surface area (Å²) >= 11 is 12.0. The van der Waals surface area contributed by atoms with Crippen molar-refractivity contribution in [3.8, 4) is 17.1 Å². The molecule has 2 aromatic carbocycles. The van der Waals surface area contributed by atoms with Gasteiger partial charge in [0.2, 0.25) is 5.82 Å². The lowest BCUT2D eigenvalue weighted by Crippen LogP contribution is -2.46. The minimum absolute atomic E-state index is 0.247. The number of unbranched alkanes of at least 4 members (excludes halogenated alkanes) is 2. The number of rotatable bonds is 8. The first-order valence-corrected chi connectivity index (χ1v) is 11.8. The van der Waals surface area contributed by atoms with E-state index in [1.54, 1.807) is 7.11 Å². The number of hydrogen-bond donors (Lipinski definition) is 1. The highest BCUT2D eigenvalue weighted by Gasteiger charge is 2.34. The van der Waals surface area contributed by atoms with Gasteiger partial charge in [-0.3, -0.25) is 0 Å². The lowest BCUT2D eigenvalue weighted by Gasteiger charge is -2.37. The fourth-order valence-corrected chi connectivity index (χ4v) is 4.52. The van der Waals surface area contributed by atoms with Crippen LogP contribution in [0.2, 0.25) is 5.02 Å². The van der Waals surface area contributed by atoms with Gasteiger partial charge in [-0.2, -0.15) is 4.98 Å². The van der Waals surface area contributed by atoms with Gasteiger partial charge in [0, 0.05) is 22.8 Å². The van der Waals surface area contributed by atoms with Crippen molar-refractivity contribution in [1.82, 2.24) is 20.4 Å². The maximum absolute atomic E-state index is 6.30. The van der Waals surface area contributed by atoms with Gasteiger partial charge in [-0.05, 0) is 67.5 Å². The molecular weight excluding hydrogens is 456 g/mol. The molecule has 8 heteroatoms. The van der Waals surface area contributed by atoms with Gasteiger partial charge in [0.15, 0.2) is 5.11 Å². The summed E-state index contributed by atoms with van der Waals surface area (Å²) in [5, 5.41) is 9.07. The zero-order valence-electron chi connectivity index (χ0n) is 19.0. The van der Waals surface area contributed by atoms with Crippen LogP contribution in [0.25, 0.3) is 17.0 Å². The number of aromatic nitrogens is 2. The standard InChI is InChI=1S/C25H27ClN4O2S/c1-4-5-6-14-30-16(2)21(22(27-25(30)33)18-8-7-9-19(26)15-18)24-28-23(29-32-24)17-10-12-20(31-3)13-11-17/h7-13,15,22H,4-6,14H2,1-3H3,(H,27,33). The average molecular weight is 483 g/mol. The first kappa shape index (κ1) is 23.3. The molecule has 3 aromatic rings. The second-order valence-corrected chi connectivity index (χ2v) is 8.77. The summed E-state index contributed by atoms with van der Waals surface area (Å²) in [4.78, 5) is 6.87. The SMILES string of the molecule is CCCCCN1C(=S)NC(c2cccc(Cl)c2)C(c2nc(-c3ccc(OC)cc3)no2)=C1C. The average Bonchev–Trinajstić information content (AvgIpc) is 3.30. The summed E-state index contributed by atoms with van der Waals surface area (Å²) < 4.78 is 11.0. The van der Waals surface area contributed by atoms with Crippen molar-refractivity contribution < 1.29 is 9.26 Å². The number of hydrogen-bond acceptors (Lipinski definition) is 5. The Morgan fingerprint density at radius 2 is 1.97 bits per heavy atom. The van der Waals surface area contributed by atoms with Gasteiger partial charge < -0.3 is 19.5 Å². The van der Waals surface area contributed by atoms with E-state index in [1.165, 1.54) is 0 Å². The van der Waals surface area contributed by atoms with E-state index in [1.807, 2.05) is 48.5 Å². The smallest absolute Gasteiger partial charge is 0.258 e. The Morgan fingerprint density at radius 3 is 2.67 bits per heavy atom. The number of thiocarbonyl (C=S) groups is 1. The molecule has 0 spiro atoms. The molecule has 1 N–H and O–H groups in total. The van der Waals surface area contributed by atoms with E-state index >= 15 is 0 Å². The Balaban J connectivity index is 1.75. The molecule has 6 nitrogen and oxygen atoms in total. The summed E-state index contributed by atoms with van der Waals surface area (Å²) in [5.41, 5.74) is 3.73. The number of ether oxygens (including phenoxy) is 1. The fraction of sp³-hybridized carbons (Fsp3) is 0.320. The molecule has 1 aliphatic heterocycles. The van der Waals surface area contributed by atoms with Crippen LogP contribution in [0.4, 0.5) is 0 Å². The van der Waals surface area contributed by atoms with Gasteiger partial charge in [0.25, 0.3) is 5.89 Å². The van der Waals surface area contributed by atoms with E-state index in [4.69, 9.17) is 38.1 Å². The summed E-state index contributed by atoms with van der Waals surface area (Å²) in [7, 11) is 1.64. The van der Waals surface area contributed by atoms with Crippen molar-refractivity contribution in [2.45, 2.75) is 39.2 Å². The van der Waals surface area contributed by atoms with Crippen LogP contribution in [0.3, 0.4) is 0 Å². The van der Waals surface area contributed by atoms with Gasteiger partial charge in [-0.15, -0.1) is 0 Å². The highest BCUT2D eigenvalue weighted by Crippen LogP contribution is 2.38. The molecule has 0 saturated carbocycles. The van der Waals surface area contributed by atoms with E-state index in [0.717, 1.165) is 54.0 Å². The molecule has 0 aliphatic carbocycles. The molecule has 0 radical (unpaired) electrons. The number of nitrogens with one attached hydrogen (secondary N) is 1. The summed E-state index contributed by atoms with van der Waals surface area (Å²) in [6, 6.07) is 15.1. The van der Waals surface area contributed by atoms with Crippen molar-refractivity contribution in [2.75, 3.05) is 13.7 Å². The second kappa shape index (κ2) is 10.4. The zero-order valence-corrected chi connectivity index (χ0v) is 20.5. The molecule has 4 rings (SSSR count). The van der Waals surface area contributed by atoms with Crippen LogP contribution in [0.15, 0.2) is 58.8 Å². The molecule has 1 unspecified atom stereocenters. The first-order chi connectivity index (χ1) is 16.0. The maximum Gasteiger partial charge on any atom is 0.258 e. The molecule has 0 saturated heterocycles. The van der Waals surface area contributed by atoms with E-state index in [0.29, 0.717) is 21.9 Å². The second-order valence-electron chi connectivity index (χ2n) is 7.95. The lowest BCUT2D eigenvalue weighted by atomic mass is 9.94. The maximum atomic E-state index is 6.30. The molecule has 1 aromatic heterocycles. The summed E-state index contributed by atoms with van der Waals surface area (Å²) in [5.74, 6) is 1.75. The lowest BCUT2D eigenvalue weighted by molar-refractivity contribution is 0.395. The first-order valence-electron chi connectivity index (χ1n) is 11.0.